The van der Waals surface area contributed by atoms with Gasteiger partial charge in [-0.05, 0) is 28.7 Å². The van der Waals surface area contributed by atoms with Gasteiger partial charge in [0.05, 0.1) is 0 Å². The van der Waals surface area contributed by atoms with E-state index in [1.54, 1.807) is 0 Å². The van der Waals surface area contributed by atoms with Crippen LogP contribution in [-0.4, -0.2) is 18.5 Å². The van der Waals surface area contributed by atoms with Crippen LogP contribution in [0.2, 0.25) is 0 Å². The summed E-state index contributed by atoms with van der Waals surface area (Å²) in [5, 5.41) is 2.85. The van der Waals surface area contributed by atoms with Gasteiger partial charge in [0.1, 0.15) is 5.92 Å². The molecule has 3 rings (SSSR count). The van der Waals surface area contributed by atoms with Crippen molar-refractivity contribution >= 4 is 17.6 Å². The molecule has 0 heterocycles. The Bertz CT molecular complexity index is 913. The molecule has 148 valence electrons. The molecule has 1 amide bonds. The van der Waals surface area contributed by atoms with Gasteiger partial charge in [-0.25, -0.2) is 0 Å². The summed E-state index contributed by atoms with van der Waals surface area (Å²) in [6.45, 7) is 3.80. The Hall–Kier alpha value is -3.40. The number of esters is 1. The Morgan fingerprint density at radius 2 is 1.31 bits per heavy atom. The lowest BCUT2D eigenvalue weighted by molar-refractivity contribution is -0.147. The van der Waals surface area contributed by atoms with Crippen LogP contribution in [0.15, 0.2) is 84.9 Å². The molecule has 0 aliphatic rings. The molecule has 0 fully saturated rings. The largest absolute Gasteiger partial charge is 0.455 e. The predicted molar refractivity (Wildman–Crippen MR) is 115 cm³/mol. The van der Waals surface area contributed by atoms with Crippen LogP contribution < -0.4 is 5.32 Å². The molecule has 3 aromatic rings. The third-order valence-electron chi connectivity index (χ3n) is 4.70. The fraction of sp³-hybridized carbons (Fsp3) is 0.200. The molecule has 0 radical (unpaired) electrons. The average Bonchev–Trinajstić information content (AvgIpc) is 2.74. The van der Waals surface area contributed by atoms with Crippen molar-refractivity contribution in [3.8, 4) is 0 Å². The summed E-state index contributed by atoms with van der Waals surface area (Å²) in [6, 6.07) is 26.5. The smallest absolute Gasteiger partial charge is 0.318 e. The minimum Gasteiger partial charge on any atom is -0.455 e. The molecule has 29 heavy (non-hydrogen) atoms. The second-order valence-corrected chi connectivity index (χ2v) is 7.15. The average molecular weight is 387 g/mol. The second kappa shape index (κ2) is 9.69. The van der Waals surface area contributed by atoms with Gasteiger partial charge >= 0.3 is 5.97 Å². The topological polar surface area (TPSA) is 55.4 Å². The summed E-state index contributed by atoms with van der Waals surface area (Å²) in [7, 11) is 0. The lowest BCUT2D eigenvalue weighted by Crippen LogP contribution is -2.25. The molecule has 4 heteroatoms. The normalized spacial score (nSPS) is 10.8. The number of amides is 1. The van der Waals surface area contributed by atoms with Crippen molar-refractivity contribution in [1.29, 1.82) is 0 Å². The fourth-order valence-corrected chi connectivity index (χ4v) is 3.28. The lowest BCUT2D eigenvalue weighted by atomic mass is 9.91. The van der Waals surface area contributed by atoms with Crippen molar-refractivity contribution in [1.82, 2.24) is 0 Å². The van der Waals surface area contributed by atoms with Gasteiger partial charge in [-0.1, -0.05) is 92.7 Å². The molecule has 0 spiro atoms. The summed E-state index contributed by atoms with van der Waals surface area (Å²) in [4.78, 5) is 25.3. The molecule has 3 aromatic carbocycles. The fourth-order valence-electron chi connectivity index (χ4n) is 3.28. The van der Waals surface area contributed by atoms with Crippen LogP contribution in [0.5, 0.6) is 0 Å². The molecule has 1 N–H and O–H groups in total. The predicted octanol–water partition coefficient (Wildman–Crippen LogP) is 5.12. The summed E-state index contributed by atoms with van der Waals surface area (Å²) in [6.07, 6.45) is 0. The zero-order chi connectivity index (χ0) is 20.6. The van der Waals surface area contributed by atoms with E-state index < -0.39 is 11.9 Å². The summed E-state index contributed by atoms with van der Waals surface area (Å²) < 4.78 is 5.40. The molecule has 0 aromatic heterocycles. The van der Waals surface area contributed by atoms with Gasteiger partial charge < -0.3 is 10.1 Å². The van der Waals surface area contributed by atoms with E-state index in [4.69, 9.17) is 4.74 Å². The second-order valence-electron chi connectivity index (χ2n) is 7.15. The molecule has 0 saturated heterocycles. The molecule has 0 aliphatic carbocycles. The zero-order valence-electron chi connectivity index (χ0n) is 16.7. The van der Waals surface area contributed by atoms with E-state index in [-0.39, 0.29) is 18.4 Å². The van der Waals surface area contributed by atoms with Crippen LogP contribution in [-0.2, 0) is 14.3 Å². The highest BCUT2D eigenvalue weighted by atomic mass is 16.5. The minimum atomic E-state index is -0.576. The highest BCUT2D eigenvalue weighted by Gasteiger charge is 2.25. The van der Waals surface area contributed by atoms with Crippen molar-refractivity contribution in [2.45, 2.75) is 25.7 Å². The highest BCUT2D eigenvalue weighted by molar-refractivity contribution is 5.94. The van der Waals surface area contributed by atoms with Crippen LogP contribution in [0.4, 0.5) is 5.69 Å². The van der Waals surface area contributed by atoms with Crippen LogP contribution >= 0.6 is 0 Å². The van der Waals surface area contributed by atoms with Crippen molar-refractivity contribution < 1.29 is 14.3 Å². The van der Waals surface area contributed by atoms with Crippen LogP contribution in [0.25, 0.3) is 0 Å². The number of rotatable bonds is 7. The van der Waals surface area contributed by atoms with Gasteiger partial charge in [-0.2, -0.15) is 0 Å². The zero-order valence-corrected chi connectivity index (χ0v) is 16.7. The van der Waals surface area contributed by atoms with Crippen LogP contribution in [0.1, 0.15) is 42.4 Å². The third kappa shape index (κ3) is 5.32. The maximum Gasteiger partial charge on any atom is 0.318 e. The number of carbonyl (C=O) groups is 2. The molecular weight excluding hydrogens is 362 g/mol. The van der Waals surface area contributed by atoms with Gasteiger partial charge in [0.15, 0.2) is 6.61 Å². The van der Waals surface area contributed by atoms with E-state index in [2.05, 4.69) is 19.2 Å². The monoisotopic (exact) mass is 387 g/mol. The van der Waals surface area contributed by atoms with Gasteiger partial charge in [0, 0.05) is 5.69 Å². The van der Waals surface area contributed by atoms with E-state index in [1.807, 2.05) is 84.9 Å². The number of para-hydroxylation sites is 1. The number of hydrogen-bond acceptors (Lipinski definition) is 3. The molecular formula is C25H25NO3. The van der Waals surface area contributed by atoms with Crippen molar-refractivity contribution in [2.24, 2.45) is 0 Å². The number of benzene rings is 3. The first-order chi connectivity index (χ1) is 14.1. The highest BCUT2D eigenvalue weighted by Crippen LogP contribution is 2.26. The number of hydrogen-bond donors (Lipinski definition) is 1. The minimum absolute atomic E-state index is 0.273. The molecule has 0 saturated carbocycles. The van der Waals surface area contributed by atoms with Crippen LogP contribution in [0.3, 0.4) is 0 Å². The van der Waals surface area contributed by atoms with Crippen molar-refractivity contribution in [2.75, 3.05) is 11.9 Å². The first kappa shape index (κ1) is 20.3. The number of nitrogens with one attached hydrogen (secondary N) is 1. The van der Waals surface area contributed by atoms with Gasteiger partial charge in [-0.15, -0.1) is 0 Å². The van der Waals surface area contributed by atoms with Crippen molar-refractivity contribution in [3.63, 3.8) is 0 Å². The molecule has 0 aliphatic heterocycles. The van der Waals surface area contributed by atoms with Gasteiger partial charge in [0.2, 0.25) is 0 Å². The standard InChI is InChI=1S/C25H25NO3/c1-18(2)21-15-9-10-16-22(21)26-23(27)17-29-25(28)24(19-11-5-3-6-12-19)20-13-7-4-8-14-20/h3-16,18,24H,17H2,1-2H3,(H,26,27). The first-order valence-electron chi connectivity index (χ1n) is 9.71. The number of anilines is 1. The third-order valence-corrected chi connectivity index (χ3v) is 4.70. The quantitative estimate of drug-likeness (QED) is 0.572. The van der Waals surface area contributed by atoms with E-state index in [0.29, 0.717) is 0 Å². The Labute approximate surface area is 171 Å². The van der Waals surface area contributed by atoms with Gasteiger partial charge in [-0.3, -0.25) is 9.59 Å². The Morgan fingerprint density at radius 3 is 1.86 bits per heavy atom. The summed E-state index contributed by atoms with van der Waals surface area (Å²) in [5.41, 5.74) is 3.44. The first-order valence-corrected chi connectivity index (χ1v) is 9.71. The van der Waals surface area contributed by atoms with E-state index >= 15 is 0 Å². The Kier molecular flexibility index (Phi) is 6.80. The van der Waals surface area contributed by atoms with Gasteiger partial charge in [0.25, 0.3) is 5.91 Å². The molecule has 0 unspecified atom stereocenters. The van der Waals surface area contributed by atoms with Crippen molar-refractivity contribution in [3.05, 3.63) is 102 Å². The maximum absolute atomic E-state index is 12.9. The number of ether oxygens (including phenoxy) is 1. The number of carbonyl (C=O) groups excluding carboxylic acids is 2. The van der Waals surface area contributed by atoms with E-state index in [9.17, 15) is 9.59 Å². The maximum atomic E-state index is 12.9. The van der Waals surface area contributed by atoms with E-state index in [0.717, 1.165) is 22.4 Å². The Balaban J connectivity index is 1.70. The molecule has 0 atom stereocenters. The lowest BCUT2D eigenvalue weighted by Gasteiger charge is -2.17. The molecule has 4 nitrogen and oxygen atoms in total. The molecule has 0 bridgehead atoms. The summed E-state index contributed by atoms with van der Waals surface area (Å²) in [5.74, 6) is -1.11. The summed E-state index contributed by atoms with van der Waals surface area (Å²) >= 11 is 0. The SMILES string of the molecule is CC(C)c1ccccc1NC(=O)COC(=O)C(c1ccccc1)c1ccccc1. The van der Waals surface area contributed by atoms with E-state index in [1.165, 1.54) is 0 Å². The Morgan fingerprint density at radius 1 is 0.793 bits per heavy atom. The van der Waals surface area contributed by atoms with Crippen LogP contribution in [0, 0.1) is 0 Å².